The van der Waals surface area contributed by atoms with Crippen LogP contribution in [0.1, 0.15) is 58.4 Å². The van der Waals surface area contributed by atoms with Crippen molar-refractivity contribution in [1.29, 1.82) is 0 Å². The van der Waals surface area contributed by atoms with Gasteiger partial charge in [0.1, 0.15) is 0 Å². The molecule has 3 aromatic rings. The standard InChI is InChI=1S/C32H40N4O3/c1-22-16-23(2)34-32(38)30(22)20-33-31(37)27-17-26(18-29(19-27)35(3)28-6-4-5-7-28)25-10-8-24(9-11-25)21-36-12-14-39-15-13-36/h8-11,16-19,28H,4-7,12-15,20-21H2,1-3H3,(H,33,37)(H,34,38). The first-order chi connectivity index (χ1) is 18.9. The first-order valence-corrected chi connectivity index (χ1v) is 14.1. The maximum atomic E-state index is 13.4. The average molecular weight is 529 g/mol. The van der Waals surface area contributed by atoms with Crippen molar-refractivity contribution in [3.63, 3.8) is 0 Å². The molecule has 0 unspecified atom stereocenters. The molecule has 1 amide bonds. The third kappa shape index (κ3) is 6.60. The topological polar surface area (TPSA) is 77.7 Å². The van der Waals surface area contributed by atoms with Gasteiger partial charge in [0.15, 0.2) is 0 Å². The molecule has 2 aliphatic rings. The van der Waals surface area contributed by atoms with Crippen LogP contribution in [-0.4, -0.2) is 55.2 Å². The van der Waals surface area contributed by atoms with Gasteiger partial charge < -0.3 is 19.9 Å². The van der Waals surface area contributed by atoms with Gasteiger partial charge in [-0.25, -0.2) is 0 Å². The number of carbonyl (C=O) groups excluding carboxylic acids is 1. The van der Waals surface area contributed by atoms with Crippen LogP contribution in [0.25, 0.3) is 11.1 Å². The first-order valence-electron chi connectivity index (χ1n) is 14.1. The zero-order valence-corrected chi connectivity index (χ0v) is 23.4. The van der Waals surface area contributed by atoms with Gasteiger partial charge in [-0.3, -0.25) is 14.5 Å². The lowest BCUT2D eigenvalue weighted by atomic mass is 9.99. The quantitative estimate of drug-likeness (QED) is 0.439. The molecule has 2 N–H and O–H groups in total. The van der Waals surface area contributed by atoms with Crippen LogP contribution in [0.4, 0.5) is 5.69 Å². The van der Waals surface area contributed by atoms with Crippen LogP contribution in [0, 0.1) is 13.8 Å². The predicted octanol–water partition coefficient (Wildman–Crippen LogP) is 4.80. The van der Waals surface area contributed by atoms with Gasteiger partial charge >= 0.3 is 0 Å². The Morgan fingerprint density at radius 3 is 2.44 bits per heavy atom. The van der Waals surface area contributed by atoms with E-state index < -0.39 is 0 Å². The fourth-order valence-corrected chi connectivity index (χ4v) is 5.81. The molecule has 0 spiro atoms. The smallest absolute Gasteiger partial charge is 0.253 e. The molecule has 1 saturated carbocycles. The minimum atomic E-state index is -0.179. The molecule has 2 aromatic carbocycles. The molecule has 0 atom stereocenters. The highest BCUT2D eigenvalue weighted by Crippen LogP contribution is 2.32. The van der Waals surface area contributed by atoms with Crippen molar-refractivity contribution in [2.75, 3.05) is 38.3 Å². The van der Waals surface area contributed by atoms with Crippen molar-refractivity contribution < 1.29 is 9.53 Å². The van der Waals surface area contributed by atoms with E-state index in [9.17, 15) is 9.59 Å². The van der Waals surface area contributed by atoms with Crippen LogP contribution in [0.3, 0.4) is 0 Å². The summed E-state index contributed by atoms with van der Waals surface area (Å²) >= 11 is 0. The number of aromatic amines is 1. The van der Waals surface area contributed by atoms with Gasteiger partial charge in [-0.15, -0.1) is 0 Å². The van der Waals surface area contributed by atoms with E-state index in [2.05, 4.69) is 57.5 Å². The van der Waals surface area contributed by atoms with Crippen molar-refractivity contribution in [2.45, 2.75) is 58.7 Å². The van der Waals surface area contributed by atoms with Gasteiger partial charge in [0.05, 0.1) is 13.2 Å². The molecular formula is C32H40N4O3. The summed E-state index contributed by atoms with van der Waals surface area (Å²) in [6.07, 6.45) is 4.84. The Balaban J connectivity index is 1.39. The summed E-state index contributed by atoms with van der Waals surface area (Å²) in [5.41, 5.74) is 7.16. The van der Waals surface area contributed by atoms with Gasteiger partial charge in [-0.2, -0.15) is 0 Å². The Bertz CT molecular complexity index is 1350. The number of benzene rings is 2. The summed E-state index contributed by atoms with van der Waals surface area (Å²) in [6.45, 7) is 8.38. The SMILES string of the molecule is Cc1cc(C)c(CNC(=O)c2cc(-c3ccc(CN4CCOCC4)cc3)cc(N(C)C3CCCC3)c2)c(=O)[nH]1. The minimum absolute atomic E-state index is 0.152. The van der Waals surface area contributed by atoms with E-state index in [1.165, 1.54) is 31.2 Å². The lowest BCUT2D eigenvalue weighted by molar-refractivity contribution is 0.0342. The largest absolute Gasteiger partial charge is 0.379 e. The number of anilines is 1. The normalized spacial score (nSPS) is 16.4. The number of morpholine rings is 1. The van der Waals surface area contributed by atoms with E-state index in [-0.39, 0.29) is 18.0 Å². The zero-order chi connectivity index (χ0) is 27.4. The number of hydrogen-bond donors (Lipinski definition) is 2. The molecule has 1 aliphatic heterocycles. The van der Waals surface area contributed by atoms with Gasteiger partial charge in [-0.1, -0.05) is 37.1 Å². The van der Waals surface area contributed by atoms with Gasteiger partial charge in [0, 0.05) is 61.8 Å². The fraction of sp³-hybridized carbons (Fsp3) is 0.438. The lowest BCUT2D eigenvalue weighted by Gasteiger charge is -2.28. The average Bonchev–Trinajstić information content (AvgIpc) is 3.48. The Hall–Kier alpha value is -3.42. The summed E-state index contributed by atoms with van der Waals surface area (Å²) in [5, 5.41) is 2.99. The van der Waals surface area contributed by atoms with Crippen LogP contribution in [0.15, 0.2) is 53.3 Å². The second-order valence-electron chi connectivity index (χ2n) is 11.0. The highest BCUT2D eigenvalue weighted by Gasteiger charge is 2.22. The molecule has 5 rings (SSSR count). The summed E-state index contributed by atoms with van der Waals surface area (Å²) < 4.78 is 5.48. The van der Waals surface area contributed by atoms with Crippen LogP contribution >= 0.6 is 0 Å². The highest BCUT2D eigenvalue weighted by atomic mass is 16.5. The number of hydrogen-bond acceptors (Lipinski definition) is 5. The van der Waals surface area contributed by atoms with Gasteiger partial charge in [0.2, 0.25) is 0 Å². The summed E-state index contributed by atoms with van der Waals surface area (Å²) in [4.78, 5) is 33.5. The molecule has 1 aliphatic carbocycles. The number of H-pyrrole nitrogens is 1. The van der Waals surface area contributed by atoms with E-state index in [0.717, 1.165) is 60.9 Å². The first kappa shape index (κ1) is 27.2. The van der Waals surface area contributed by atoms with Gasteiger partial charge in [-0.05, 0) is 73.2 Å². The van der Waals surface area contributed by atoms with Crippen molar-refractivity contribution in [3.05, 3.63) is 86.8 Å². The molecule has 1 saturated heterocycles. The van der Waals surface area contributed by atoms with Crippen molar-refractivity contribution in [2.24, 2.45) is 0 Å². The van der Waals surface area contributed by atoms with E-state index in [1.54, 1.807) is 0 Å². The second kappa shape index (κ2) is 12.2. The highest BCUT2D eigenvalue weighted by molar-refractivity contribution is 5.96. The van der Waals surface area contributed by atoms with Crippen LogP contribution in [-0.2, 0) is 17.8 Å². The Morgan fingerprint density at radius 1 is 1.03 bits per heavy atom. The monoisotopic (exact) mass is 528 g/mol. The fourth-order valence-electron chi connectivity index (χ4n) is 5.81. The number of nitrogens with zero attached hydrogens (tertiary/aromatic N) is 2. The number of carbonyl (C=O) groups is 1. The number of rotatable bonds is 8. The molecule has 0 radical (unpaired) electrons. The van der Waals surface area contributed by atoms with E-state index in [4.69, 9.17) is 4.74 Å². The Kier molecular flexibility index (Phi) is 8.48. The van der Waals surface area contributed by atoms with E-state index >= 15 is 0 Å². The van der Waals surface area contributed by atoms with Crippen LogP contribution < -0.4 is 15.8 Å². The zero-order valence-electron chi connectivity index (χ0n) is 23.4. The molecule has 1 aromatic heterocycles. The number of aryl methyl sites for hydroxylation is 2. The van der Waals surface area contributed by atoms with Crippen molar-refractivity contribution in [3.8, 4) is 11.1 Å². The van der Waals surface area contributed by atoms with E-state index in [1.807, 2.05) is 32.0 Å². The summed E-state index contributed by atoms with van der Waals surface area (Å²) in [7, 11) is 2.14. The summed E-state index contributed by atoms with van der Waals surface area (Å²) in [5.74, 6) is -0.179. The molecule has 0 bridgehead atoms. The number of amides is 1. The number of nitrogens with one attached hydrogen (secondary N) is 2. The third-order valence-corrected chi connectivity index (χ3v) is 8.18. The number of pyridine rings is 1. The molecule has 206 valence electrons. The molecule has 39 heavy (non-hydrogen) atoms. The van der Waals surface area contributed by atoms with Crippen LogP contribution in [0.5, 0.6) is 0 Å². The molecular weight excluding hydrogens is 488 g/mol. The van der Waals surface area contributed by atoms with E-state index in [0.29, 0.717) is 17.2 Å². The number of aromatic nitrogens is 1. The molecule has 7 nitrogen and oxygen atoms in total. The summed E-state index contributed by atoms with van der Waals surface area (Å²) in [6, 6.07) is 17.2. The van der Waals surface area contributed by atoms with Gasteiger partial charge in [0.25, 0.3) is 11.5 Å². The molecule has 2 fully saturated rings. The lowest BCUT2D eigenvalue weighted by Crippen LogP contribution is -2.35. The van der Waals surface area contributed by atoms with Crippen molar-refractivity contribution in [1.82, 2.24) is 15.2 Å². The maximum Gasteiger partial charge on any atom is 0.253 e. The Labute approximate surface area is 231 Å². The maximum absolute atomic E-state index is 13.4. The number of ether oxygens (including phenoxy) is 1. The van der Waals surface area contributed by atoms with Crippen LogP contribution in [0.2, 0.25) is 0 Å². The predicted molar refractivity (Wildman–Crippen MR) is 156 cm³/mol. The van der Waals surface area contributed by atoms with Crippen molar-refractivity contribution >= 4 is 11.6 Å². The molecule has 7 heteroatoms. The Morgan fingerprint density at radius 2 is 1.74 bits per heavy atom. The second-order valence-corrected chi connectivity index (χ2v) is 11.0. The minimum Gasteiger partial charge on any atom is -0.379 e. The third-order valence-electron chi connectivity index (χ3n) is 8.18. The molecule has 2 heterocycles.